The molecule has 2 fully saturated rings. The normalized spacial score (nSPS) is 19.6. The highest BCUT2D eigenvalue weighted by atomic mass is 35.5. The number of carbonyl (C=O) groups is 1. The number of nitrogens with zero attached hydrogens (tertiary/aromatic N) is 4. The molecule has 43 heavy (non-hydrogen) atoms. The molecular formula is C33H42Cl2N4O4. The summed E-state index contributed by atoms with van der Waals surface area (Å²) in [5, 5.41) is 2.09. The van der Waals surface area contributed by atoms with Crippen LogP contribution in [0.2, 0.25) is 10.0 Å². The lowest BCUT2D eigenvalue weighted by Crippen LogP contribution is -2.47. The van der Waals surface area contributed by atoms with Gasteiger partial charge in [-0.05, 0) is 87.7 Å². The van der Waals surface area contributed by atoms with E-state index in [1.807, 2.05) is 43.3 Å². The molecule has 0 radical (unpaired) electrons. The molecule has 1 saturated heterocycles. The van der Waals surface area contributed by atoms with E-state index in [1.54, 1.807) is 17.9 Å². The van der Waals surface area contributed by atoms with Crippen LogP contribution in [-0.4, -0.2) is 72.4 Å². The van der Waals surface area contributed by atoms with Crippen LogP contribution in [0.15, 0.2) is 53.3 Å². The Balaban J connectivity index is 1.12. The first-order valence-electron chi connectivity index (χ1n) is 15.4. The minimum Gasteiger partial charge on any atom is -0.494 e. The zero-order chi connectivity index (χ0) is 30.5. The number of halogens is 2. The van der Waals surface area contributed by atoms with Crippen LogP contribution in [0.3, 0.4) is 0 Å². The van der Waals surface area contributed by atoms with Crippen LogP contribution in [0.5, 0.6) is 5.75 Å². The van der Waals surface area contributed by atoms with Crippen LogP contribution >= 0.6 is 23.2 Å². The minimum atomic E-state index is -0.749. The van der Waals surface area contributed by atoms with Gasteiger partial charge >= 0.3 is 6.09 Å². The van der Waals surface area contributed by atoms with Crippen LogP contribution in [0.4, 0.5) is 10.5 Å². The molecule has 1 atom stereocenters. The molecular weight excluding hydrogens is 587 g/mol. The fourth-order valence-electron chi connectivity index (χ4n) is 6.19. The Morgan fingerprint density at radius 3 is 2.51 bits per heavy atom. The standard InChI is InChI=1S/C33H42Cl2N4O4/c1-4-38(26-20-23(2)21-26)33(41)43-24(3)39-30-22-27(12-10-25(30)11-13-31(39)40)42-19-6-5-14-36-15-17-37(18-16-36)29-9-7-8-28(34)32(29)35/h7-13,22-24,26H,4-6,14-21H2,1-3H3. The predicted octanol–water partition coefficient (Wildman–Crippen LogP) is 7.07. The Hall–Kier alpha value is -2.94. The van der Waals surface area contributed by atoms with E-state index in [-0.39, 0.29) is 17.7 Å². The van der Waals surface area contributed by atoms with E-state index in [0.717, 1.165) is 69.5 Å². The monoisotopic (exact) mass is 628 g/mol. The van der Waals surface area contributed by atoms with E-state index in [9.17, 15) is 9.59 Å². The van der Waals surface area contributed by atoms with Crippen molar-refractivity contribution in [2.45, 2.75) is 58.7 Å². The predicted molar refractivity (Wildman–Crippen MR) is 174 cm³/mol. The van der Waals surface area contributed by atoms with Gasteiger partial charge in [-0.1, -0.05) is 36.2 Å². The zero-order valence-electron chi connectivity index (χ0n) is 25.3. The molecule has 5 rings (SSSR count). The first-order valence-corrected chi connectivity index (χ1v) is 16.2. The third-order valence-electron chi connectivity index (χ3n) is 8.69. The minimum absolute atomic E-state index is 0.210. The van der Waals surface area contributed by atoms with Crippen molar-refractivity contribution in [3.63, 3.8) is 0 Å². The topological polar surface area (TPSA) is 67.2 Å². The zero-order valence-corrected chi connectivity index (χ0v) is 26.8. The molecule has 3 aromatic rings. The number of piperazine rings is 1. The molecule has 232 valence electrons. The van der Waals surface area contributed by atoms with Crippen LogP contribution < -0.4 is 15.2 Å². The van der Waals surface area contributed by atoms with Gasteiger partial charge in [0.1, 0.15) is 5.75 Å². The molecule has 2 heterocycles. The second-order valence-electron chi connectivity index (χ2n) is 11.7. The third-order valence-corrected chi connectivity index (χ3v) is 9.49. The number of anilines is 1. The number of benzene rings is 2. The van der Waals surface area contributed by atoms with E-state index < -0.39 is 6.23 Å². The number of ether oxygens (including phenoxy) is 2. The molecule has 1 saturated carbocycles. The summed E-state index contributed by atoms with van der Waals surface area (Å²) in [7, 11) is 0. The maximum atomic E-state index is 13.0. The highest BCUT2D eigenvalue weighted by Gasteiger charge is 2.34. The van der Waals surface area contributed by atoms with E-state index >= 15 is 0 Å². The van der Waals surface area contributed by atoms with Crippen molar-refractivity contribution in [2.24, 2.45) is 5.92 Å². The molecule has 0 spiro atoms. The molecule has 1 aromatic heterocycles. The van der Waals surface area contributed by atoms with Gasteiger partial charge in [-0.3, -0.25) is 14.3 Å². The van der Waals surface area contributed by atoms with Crippen molar-refractivity contribution in [2.75, 3.05) is 50.8 Å². The summed E-state index contributed by atoms with van der Waals surface area (Å²) in [5.41, 5.74) is 1.47. The van der Waals surface area contributed by atoms with Gasteiger partial charge in [0.2, 0.25) is 0 Å². The first-order chi connectivity index (χ1) is 20.7. The number of fused-ring (bicyclic) bond motifs is 1. The Morgan fingerprint density at radius 1 is 1.05 bits per heavy atom. The van der Waals surface area contributed by atoms with E-state index in [4.69, 9.17) is 32.7 Å². The highest BCUT2D eigenvalue weighted by Crippen LogP contribution is 2.33. The summed E-state index contributed by atoms with van der Waals surface area (Å²) in [6, 6.07) is 15.0. The number of rotatable bonds is 11. The second-order valence-corrected chi connectivity index (χ2v) is 12.5. The van der Waals surface area contributed by atoms with Gasteiger partial charge in [0.05, 0.1) is 27.9 Å². The van der Waals surface area contributed by atoms with E-state index in [1.165, 1.54) is 10.6 Å². The van der Waals surface area contributed by atoms with Gasteiger partial charge in [0.15, 0.2) is 6.23 Å². The molecule has 10 heteroatoms. The largest absolute Gasteiger partial charge is 0.494 e. The molecule has 1 unspecified atom stereocenters. The number of aromatic nitrogens is 1. The molecule has 8 nitrogen and oxygen atoms in total. The maximum absolute atomic E-state index is 13.0. The number of carbonyl (C=O) groups excluding carboxylic acids is 1. The summed E-state index contributed by atoms with van der Waals surface area (Å²) in [6.45, 7) is 11.9. The fourth-order valence-corrected chi connectivity index (χ4v) is 6.61. The van der Waals surface area contributed by atoms with E-state index in [2.05, 4.69) is 16.7 Å². The third kappa shape index (κ3) is 7.41. The Bertz CT molecular complexity index is 1470. The molecule has 1 aliphatic heterocycles. The lowest BCUT2D eigenvalue weighted by Gasteiger charge is -2.40. The molecule has 1 amide bonds. The Kier molecular flexibility index (Phi) is 10.4. The van der Waals surface area contributed by atoms with Gasteiger partial charge in [-0.25, -0.2) is 4.79 Å². The van der Waals surface area contributed by atoms with Crippen LogP contribution in [0.25, 0.3) is 10.9 Å². The molecule has 1 aliphatic carbocycles. The number of amides is 1. The van der Waals surface area contributed by atoms with Crippen molar-refractivity contribution in [1.29, 1.82) is 0 Å². The van der Waals surface area contributed by atoms with Crippen LogP contribution in [0, 0.1) is 5.92 Å². The van der Waals surface area contributed by atoms with E-state index in [0.29, 0.717) is 40.4 Å². The number of pyridine rings is 1. The molecule has 2 aliphatic rings. The van der Waals surface area contributed by atoms with Crippen molar-refractivity contribution in [3.05, 3.63) is 68.9 Å². The number of unbranched alkanes of at least 4 members (excludes halogenated alkanes) is 1. The van der Waals surface area contributed by atoms with Crippen LogP contribution in [-0.2, 0) is 4.74 Å². The average molecular weight is 630 g/mol. The SMILES string of the molecule is CCN(C(=O)OC(C)n1c(=O)ccc2ccc(OCCCCN3CCN(c4cccc(Cl)c4Cl)CC3)cc21)C1CC(C)C1. The highest BCUT2D eigenvalue weighted by molar-refractivity contribution is 6.43. The van der Waals surface area contributed by atoms with Gasteiger partial charge in [-0.2, -0.15) is 0 Å². The van der Waals surface area contributed by atoms with Crippen molar-refractivity contribution >= 4 is 45.9 Å². The molecule has 0 bridgehead atoms. The average Bonchev–Trinajstić information content (AvgIpc) is 2.98. The lowest BCUT2D eigenvalue weighted by molar-refractivity contribution is 0.0121. The number of hydrogen-bond acceptors (Lipinski definition) is 6. The lowest BCUT2D eigenvalue weighted by atomic mass is 9.81. The van der Waals surface area contributed by atoms with Gasteiger partial charge in [-0.15, -0.1) is 0 Å². The summed E-state index contributed by atoms with van der Waals surface area (Å²) in [4.78, 5) is 32.5. The maximum Gasteiger partial charge on any atom is 0.411 e. The second kappa shape index (κ2) is 14.2. The summed E-state index contributed by atoms with van der Waals surface area (Å²) < 4.78 is 13.4. The smallest absolute Gasteiger partial charge is 0.411 e. The van der Waals surface area contributed by atoms with Crippen molar-refractivity contribution < 1.29 is 14.3 Å². The van der Waals surface area contributed by atoms with Crippen molar-refractivity contribution in [3.8, 4) is 5.75 Å². The summed E-state index contributed by atoms with van der Waals surface area (Å²) in [6.07, 6.45) is 2.79. The Morgan fingerprint density at radius 2 is 1.79 bits per heavy atom. The Labute approximate surface area is 264 Å². The van der Waals surface area contributed by atoms with Gasteiger partial charge < -0.3 is 19.3 Å². The molecule has 0 N–H and O–H groups in total. The molecule has 2 aromatic carbocycles. The summed E-state index contributed by atoms with van der Waals surface area (Å²) >= 11 is 12.6. The van der Waals surface area contributed by atoms with Crippen molar-refractivity contribution in [1.82, 2.24) is 14.4 Å². The first kappa shape index (κ1) is 31.5. The van der Waals surface area contributed by atoms with Gasteiger partial charge in [0, 0.05) is 50.9 Å². The quantitative estimate of drug-likeness (QED) is 0.212. The number of hydrogen-bond donors (Lipinski definition) is 0. The van der Waals surface area contributed by atoms with Crippen LogP contribution in [0.1, 0.15) is 52.7 Å². The van der Waals surface area contributed by atoms with Gasteiger partial charge in [0.25, 0.3) is 5.56 Å². The summed E-state index contributed by atoms with van der Waals surface area (Å²) in [5.74, 6) is 1.32. The fraction of sp³-hybridized carbons (Fsp3) is 0.515.